The third-order valence-electron chi connectivity index (χ3n) is 2.35. The second-order valence-corrected chi connectivity index (χ2v) is 8.24. The summed E-state index contributed by atoms with van der Waals surface area (Å²) in [6.07, 6.45) is 7.41. The van der Waals surface area contributed by atoms with Crippen LogP contribution in [0, 0.1) is 0 Å². The Morgan fingerprint density at radius 2 is 1.44 bits per heavy atom. The number of aromatic nitrogens is 4. The molecule has 2 aromatic heterocycles. The van der Waals surface area contributed by atoms with Crippen molar-refractivity contribution in [3.8, 4) is 0 Å². The van der Waals surface area contributed by atoms with E-state index in [9.17, 15) is 0 Å². The minimum atomic E-state index is 0.635. The van der Waals surface area contributed by atoms with E-state index in [0.29, 0.717) is 13.1 Å². The van der Waals surface area contributed by atoms with Crippen LogP contribution in [0.15, 0.2) is 24.8 Å². The van der Waals surface area contributed by atoms with Crippen LogP contribution in [0.25, 0.3) is 5.32 Å². The molecule has 0 spiro atoms. The number of hydrogen-bond acceptors (Lipinski definition) is 2. The third-order valence-corrected chi connectivity index (χ3v) is 2.35. The van der Waals surface area contributed by atoms with E-state index in [4.69, 9.17) is 0 Å². The van der Waals surface area contributed by atoms with Gasteiger partial charge in [-0.05, 0) is 0 Å². The molecule has 2 heterocycles. The number of aryl methyl sites for hydroxylation is 2. The first-order chi connectivity index (χ1) is 8.69. The fourth-order valence-electron chi connectivity index (χ4n) is 1.35. The third kappa shape index (κ3) is 5.24. The first kappa shape index (κ1) is 15.9. The maximum atomic E-state index is 4.41. The molecule has 0 atom stereocenters. The summed E-state index contributed by atoms with van der Waals surface area (Å²) in [6.45, 7) is 1.27. The fourth-order valence-corrected chi connectivity index (χ4v) is 1.35. The van der Waals surface area contributed by atoms with Crippen LogP contribution in [0.5, 0.6) is 0 Å². The van der Waals surface area contributed by atoms with E-state index in [2.05, 4.69) is 43.5 Å². The van der Waals surface area contributed by atoms with Gasteiger partial charge in [0.15, 0.2) is 0 Å². The molecular weight excluding hydrogens is 413 g/mol. The number of nitrogens with zero attached hydrogens (tertiary/aromatic N) is 5. The quantitative estimate of drug-likeness (QED) is 0.705. The van der Waals surface area contributed by atoms with Gasteiger partial charge >= 0.3 is 39.6 Å². The Balaban J connectivity index is 0.000000492. The van der Waals surface area contributed by atoms with Gasteiger partial charge in [0, 0.05) is 38.9 Å². The molecule has 105 valence electrons. The van der Waals surface area contributed by atoms with Crippen LogP contribution in [0.2, 0.25) is 0 Å². The van der Waals surface area contributed by atoms with Crippen LogP contribution in [0.1, 0.15) is 11.6 Å². The molecule has 0 aliphatic carbocycles. The van der Waals surface area contributed by atoms with Crippen molar-refractivity contribution in [2.24, 2.45) is 14.1 Å². The van der Waals surface area contributed by atoms with Crippen LogP contribution < -0.4 is 0 Å². The van der Waals surface area contributed by atoms with Crippen LogP contribution in [0.3, 0.4) is 0 Å². The molecule has 0 bridgehead atoms. The summed E-state index contributed by atoms with van der Waals surface area (Å²) in [5.74, 6) is 1.95. The van der Waals surface area contributed by atoms with Crippen molar-refractivity contribution < 1.29 is 11.3 Å². The summed E-state index contributed by atoms with van der Waals surface area (Å²) in [4.78, 5) is 8.40. The molecule has 5 nitrogen and oxygen atoms in total. The van der Waals surface area contributed by atoms with Gasteiger partial charge in [0.2, 0.25) is 0 Å². The van der Waals surface area contributed by atoms with Gasteiger partial charge in [0.05, 0.1) is 11.6 Å². The number of imidazole rings is 2. The van der Waals surface area contributed by atoms with E-state index in [1.807, 2.05) is 35.6 Å². The summed E-state index contributed by atoms with van der Waals surface area (Å²) in [5.41, 5.74) is 0. The van der Waals surface area contributed by atoms with E-state index in [0.717, 1.165) is 11.6 Å². The summed E-state index contributed by atoms with van der Waals surface area (Å²) in [7, 11) is 3.94. The summed E-state index contributed by atoms with van der Waals surface area (Å²) in [6, 6.07) is 0. The molecule has 0 amide bonds. The topological polar surface area (TPSA) is 49.7 Å². The minimum absolute atomic E-state index is 0.635. The fraction of sp³-hybridized carbons (Fsp3) is 0.400. The van der Waals surface area contributed by atoms with Crippen LogP contribution in [0.4, 0.5) is 0 Å². The zero-order chi connectivity index (χ0) is 13.4. The average Bonchev–Trinajstić information content (AvgIpc) is 2.91. The number of hydrogen-bond donors (Lipinski definition) is 0. The Hall–Kier alpha value is -0.141. The normalized spacial score (nSPS) is 10.2. The Morgan fingerprint density at radius 1 is 1.06 bits per heavy atom. The zero-order valence-electron chi connectivity index (χ0n) is 10.0. The van der Waals surface area contributed by atoms with E-state index in [-0.39, 0.29) is 0 Å². The Labute approximate surface area is 127 Å². The molecule has 8 heteroatoms. The molecule has 0 aromatic carbocycles. The van der Waals surface area contributed by atoms with E-state index in [1.54, 1.807) is 12.4 Å². The van der Waals surface area contributed by atoms with Crippen molar-refractivity contribution in [1.29, 1.82) is 0 Å². The van der Waals surface area contributed by atoms with Crippen molar-refractivity contribution in [1.82, 2.24) is 19.1 Å². The molecule has 0 aliphatic rings. The van der Waals surface area contributed by atoms with Crippen molar-refractivity contribution in [3.05, 3.63) is 41.8 Å². The van der Waals surface area contributed by atoms with Crippen LogP contribution in [-0.4, -0.2) is 19.1 Å². The molecule has 2 aromatic rings. The molecule has 0 radical (unpaired) electrons. The Morgan fingerprint density at radius 3 is 1.72 bits per heavy atom. The van der Waals surface area contributed by atoms with Crippen LogP contribution in [-0.2, 0) is 38.5 Å². The molecular formula is C10H14Br2CuN5-. The molecule has 18 heavy (non-hydrogen) atoms. The van der Waals surface area contributed by atoms with Crippen molar-refractivity contribution in [2.45, 2.75) is 13.1 Å². The van der Waals surface area contributed by atoms with E-state index < -0.39 is 0 Å². The van der Waals surface area contributed by atoms with Gasteiger partial charge in [0.25, 0.3) is 0 Å². The van der Waals surface area contributed by atoms with Crippen molar-refractivity contribution in [3.63, 3.8) is 0 Å². The number of rotatable bonds is 4. The molecule has 0 unspecified atom stereocenters. The molecule has 0 fully saturated rings. The maximum absolute atomic E-state index is 4.41. The van der Waals surface area contributed by atoms with Gasteiger partial charge in [-0.1, -0.05) is 13.1 Å². The molecule has 0 N–H and O–H groups in total. The van der Waals surface area contributed by atoms with Gasteiger partial charge in [-0.3, -0.25) is 0 Å². The summed E-state index contributed by atoms with van der Waals surface area (Å²) >= 11 is 7.38. The number of halogens is 2. The molecule has 2 rings (SSSR count). The monoisotopic (exact) mass is 425 g/mol. The Bertz CT molecular complexity index is 416. The molecule has 0 saturated heterocycles. The van der Waals surface area contributed by atoms with Gasteiger partial charge in [-0.15, -0.1) is 0 Å². The summed E-state index contributed by atoms with van der Waals surface area (Å²) < 4.78 is 3.95. The first-order valence-electron chi connectivity index (χ1n) is 5.06. The standard InChI is InChI=1S/C10H14N5.2BrH.Cu/c1-14-5-3-12-9(14)7-11-8-10-13-4-6-15(10)2;;;/h3-6H,7-8H2,1-2H3;2*1H;/q-1;;;+2/p-2. The van der Waals surface area contributed by atoms with Gasteiger partial charge in [0.1, 0.15) is 0 Å². The predicted molar refractivity (Wildman–Crippen MR) is 75.0 cm³/mol. The second-order valence-electron chi connectivity index (χ2n) is 3.49. The van der Waals surface area contributed by atoms with Gasteiger partial charge in [-0.2, -0.15) is 0 Å². The SMILES string of the molecule is Cn1ccnc1C[N-]Cc1nccn1C.[Br][Cu][Br]. The molecule has 0 aliphatic heterocycles. The van der Waals surface area contributed by atoms with E-state index in [1.165, 1.54) is 11.3 Å². The summed E-state index contributed by atoms with van der Waals surface area (Å²) in [5, 5.41) is 4.41. The Kier molecular flexibility index (Phi) is 7.85. The van der Waals surface area contributed by atoms with Crippen molar-refractivity contribution >= 4 is 28.2 Å². The zero-order valence-corrected chi connectivity index (χ0v) is 14.1. The van der Waals surface area contributed by atoms with E-state index >= 15 is 0 Å². The molecule has 0 saturated carbocycles. The first-order valence-corrected chi connectivity index (χ1v) is 9.71. The van der Waals surface area contributed by atoms with Gasteiger partial charge in [-0.25, -0.2) is 9.97 Å². The predicted octanol–water partition coefficient (Wildman–Crippen LogP) is 2.92. The average molecular weight is 428 g/mol. The second kappa shape index (κ2) is 8.87. The van der Waals surface area contributed by atoms with Gasteiger partial charge < -0.3 is 14.5 Å². The van der Waals surface area contributed by atoms with Crippen LogP contribution >= 0.6 is 28.2 Å². The van der Waals surface area contributed by atoms with Crippen molar-refractivity contribution in [2.75, 3.05) is 0 Å².